The molecule has 174 valence electrons. The Morgan fingerprint density at radius 3 is 1.79 bits per heavy atom. The van der Waals surface area contributed by atoms with Crippen molar-refractivity contribution in [2.24, 2.45) is 0 Å². The molecule has 34 heavy (non-hydrogen) atoms. The number of rotatable bonds is 5. The van der Waals surface area contributed by atoms with E-state index >= 15 is 0 Å². The Hall–Kier alpha value is -3.77. The summed E-state index contributed by atoms with van der Waals surface area (Å²) in [6.07, 6.45) is 0. The lowest BCUT2D eigenvalue weighted by molar-refractivity contribution is -0.132. The molecule has 6 nitrogen and oxygen atoms in total. The van der Waals surface area contributed by atoms with Gasteiger partial charge in [0.25, 0.3) is 11.7 Å². The van der Waals surface area contributed by atoms with Gasteiger partial charge in [-0.2, -0.15) is 0 Å². The van der Waals surface area contributed by atoms with E-state index in [0.717, 1.165) is 16.9 Å². The zero-order valence-corrected chi connectivity index (χ0v) is 20.2. The molecular formula is C27H26ClN3O3. The van der Waals surface area contributed by atoms with Crippen molar-refractivity contribution in [1.82, 2.24) is 0 Å². The first kappa shape index (κ1) is 23.4. The Morgan fingerprint density at radius 1 is 0.794 bits per heavy atom. The lowest BCUT2D eigenvalue weighted by Crippen LogP contribution is -2.29. The topological polar surface area (TPSA) is 64.1 Å². The van der Waals surface area contributed by atoms with E-state index in [9.17, 15) is 14.7 Å². The van der Waals surface area contributed by atoms with Crippen molar-refractivity contribution in [2.75, 3.05) is 42.9 Å². The van der Waals surface area contributed by atoms with Crippen LogP contribution in [0.3, 0.4) is 0 Å². The van der Waals surface area contributed by atoms with Gasteiger partial charge in [0.2, 0.25) is 0 Å². The van der Waals surface area contributed by atoms with Gasteiger partial charge in [0.1, 0.15) is 5.76 Å². The molecule has 1 aliphatic heterocycles. The lowest BCUT2D eigenvalue weighted by Gasteiger charge is -2.26. The molecule has 0 aliphatic carbocycles. The fourth-order valence-corrected chi connectivity index (χ4v) is 4.17. The number of carbonyl (C=O) groups is 2. The van der Waals surface area contributed by atoms with Gasteiger partial charge in [-0.05, 0) is 66.2 Å². The number of Topliss-reactive ketones (excluding diaryl/α,β-unsaturated/α-hetero) is 1. The summed E-state index contributed by atoms with van der Waals surface area (Å²) in [5.74, 6) is -1.65. The number of benzene rings is 3. The summed E-state index contributed by atoms with van der Waals surface area (Å²) in [6, 6.07) is 20.7. The van der Waals surface area contributed by atoms with Crippen LogP contribution in [0.5, 0.6) is 0 Å². The van der Waals surface area contributed by atoms with Gasteiger partial charge in [0.05, 0.1) is 11.6 Å². The van der Waals surface area contributed by atoms with Crippen LogP contribution < -0.4 is 14.7 Å². The first-order chi connectivity index (χ1) is 16.2. The SMILES string of the molecule is CN(C)c1ccc(C2/C(=C(/O)c3ccc(Cl)cc3)C(=O)C(=O)N2c2ccc(N(C)C)cc2)cc1. The molecular weight excluding hydrogens is 450 g/mol. The first-order valence-corrected chi connectivity index (χ1v) is 11.2. The van der Waals surface area contributed by atoms with Crippen LogP contribution in [0.2, 0.25) is 5.02 Å². The van der Waals surface area contributed by atoms with Crippen LogP contribution in [-0.4, -0.2) is 45.0 Å². The van der Waals surface area contributed by atoms with Gasteiger partial charge < -0.3 is 14.9 Å². The average molecular weight is 476 g/mol. The van der Waals surface area contributed by atoms with Gasteiger partial charge >= 0.3 is 0 Å². The van der Waals surface area contributed by atoms with E-state index in [0.29, 0.717) is 16.3 Å². The van der Waals surface area contributed by atoms with Crippen molar-refractivity contribution < 1.29 is 14.7 Å². The van der Waals surface area contributed by atoms with E-state index in [2.05, 4.69) is 0 Å². The number of aliphatic hydroxyl groups is 1. The number of amides is 1. The number of halogens is 1. The third-order valence-corrected chi connectivity index (χ3v) is 6.18. The van der Waals surface area contributed by atoms with Crippen molar-refractivity contribution in [3.05, 3.63) is 94.5 Å². The lowest BCUT2D eigenvalue weighted by atomic mass is 9.95. The van der Waals surface area contributed by atoms with Crippen molar-refractivity contribution in [3.63, 3.8) is 0 Å². The molecule has 0 saturated carbocycles. The Morgan fingerprint density at radius 2 is 1.29 bits per heavy atom. The number of ketones is 1. The van der Waals surface area contributed by atoms with E-state index in [1.165, 1.54) is 4.90 Å². The second-order valence-electron chi connectivity index (χ2n) is 8.57. The molecule has 4 rings (SSSR count). The van der Waals surface area contributed by atoms with Crippen LogP contribution in [-0.2, 0) is 9.59 Å². The van der Waals surface area contributed by atoms with Gasteiger partial charge in [-0.3, -0.25) is 14.5 Å². The predicted molar refractivity (Wildman–Crippen MR) is 138 cm³/mol. The molecule has 0 radical (unpaired) electrons. The summed E-state index contributed by atoms with van der Waals surface area (Å²) in [7, 11) is 7.74. The minimum absolute atomic E-state index is 0.0432. The molecule has 1 N–H and O–H groups in total. The third-order valence-electron chi connectivity index (χ3n) is 5.93. The van der Waals surface area contributed by atoms with Crippen molar-refractivity contribution in [3.8, 4) is 0 Å². The molecule has 1 aliphatic rings. The monoisotopic (exact) mass is 475 g/mol. The average Bonchev–Trinajstić information content (AvgIpc) is 3.09. The fourth-order valence-electron chi connectivity index (χ4n) is 4.04. The maximum atomic E-state index is 13.3. The highest BCUT2D eigenvalue weighted by molar-refractivity contribution is 6.51. The number of anilines is 3. The summed E-state index contributed by atoms with van der Waals surface area (Å²) in [4.78, 5) is 31.9. The molecule has 1 amide bonds. The van der Waals surface area contributed by atoms with Gasteiger partial charge in [0, 0.05) is 55.8 Å². The van der Waals surface area contributed by atoms with Crippen LogP contribution in [0.25, 0.3) is 5.76 Å². The third kappa shape index (κ3) is 4.24. The highest BCUT2D eigenvalue weighted by Crippen LogP contribution is 2.42. The first-order valence-electron chi connectivity index (χ1n) is 10.8. The summed E-state index contributed by atoms with van der Waals surface area (Å²) in [6.45, 7) is 0. The number of nitrogens with zero attached hydrogens (tertiary/aromatic N) is 3. The number of aliphatic hydroxyl groups excluding tert-OH is 1. The van der Waals surface area contributed by atoms with Crippen molar-refractivity contribution in [2.45, 2.75) is 6.04 Å². The minimum Gasteiger partial charge on any atom is -0.507 e. The van der Waals surface area contributed by atoms with E-state index in [-0.39, 0.29) is 11.3 Å². The molecule has 3 aromatic rings. The van der Waals surface area contributed by atoms with Crippen molar-refractivity contribution in [1.29, 1.82) is 0 Å². The van der Waals surface area contributed by atoms with Crippen LogP contribution in [0.1, 0.15) is 17.2 Å². The van der Waals surface area contributed by atoms with E-state index in [4.69, 9.17) is 11.6 Å². The smallest absolute Gasteiger partial charge is 0.300 e. The van der Waals surface area contributed by atoms with Gasteiger partial charge in [0.15, 0.2) is 0 Å². The fraction of sp³-hybridized carbons (Fsp3) is 0.185. The van der Waals surface area contributed by atoms with Crippen LogP contribution in [0.15, 0.2) is 78.4 Å². The standard InChI is InChI=1S/C27H26ClN3O3/c1-29(2)20-11-7-17(8-12-20)24-23(25(32)18-5-9-19(28)10-6-18)26(33)27(34)31(24)22-15-13-21(14-16-22)30(3)4/h5-16,24,32H,1-4H3/b25-23-. The van der Waals surface area contributed by atoms with E-state index < -0.39 is 17.7 Å². The summed E-state index contributed by atoms with van der Waals surface area (Å²) < 4.78 is 0. The Labute approximate surface area is 204 Å². The van der Waals surface area contributed by atoms with Gasteiger partial charge in [-0.25, -0.2) is 0 Å². The molecule has 0 aromatic heterocycles. The highest BCUT2D eigenvalue weighted by Gasteiger charge is 2.47. The molecule has 1 unspecified atom stereocenters. The number of hydrogen-bond donors (Lipinski definition) is 1. The quantitative estimate of drug-likeness (QED) is 0.316. The Kier molecular flexibility index (Phi) is 6.35. The highest BCUT2D eigenvalue weighted by atomic mass is 35.5. The molecule has 3 aromatic carbocycles. The van der Waals surface area contributed by atoms with Crippen LogP contribution in [0.4, 0.5) is 17.1 Å². The maximum absolute atomic E-state index is 13.3. The van der Waals surface area contributed by atoms with Crippen molar-refractivity contribution >= 4 is 46.1 Å². The Bertz CT molecular complexity index is 1250. The largest absolute Gasteiger partial charge is 0.507 e. The normalized spacial score (nSPS) is 17.2. The van der Waals surface area contributed by atoms with Crippen LogP contribution in [0, 0.1) is 0 Å². The molecule has 1 heterocycles. The predicted octanol–water partition coefficient (Wildman–Crippen LogP) is 5.10. The molecule has 7 heteroatoms. The number of hydrogen-bond acceptors (Lipinski definition) is 5. The second kappa shape index (κ2) is 9.23. The second-order valence-corrected chi connectivity index (χ2v) is 9.01. The molecule has 0 bridgehead atoms. The summed E-state index contributed by atoms with van der Waals surface area (Å²) in [5, 5.41) is 11.7. The maximum Gasteiger partial charge on any atom is 0.300 e. The molecule has 1 fully saturated rings. The van der Waals surface area contributed by atoms with E-state index in [1.807, 2.05) is 86.5 Å². The summed E-state index contributed by atoms with van der Waals surface area (Å²) in [5.41, 5.74) is 3.70. The summed E-state index contributed by atoms with van der Waals surface area (Å²) >= 11 is 6.00. The number of carbonyl (C=O) groups excluding carboxylic acids is 2. The molecule has 1 atom stereocenters. The minimum atomic E-state index is -0.780. The van der Waals surface area contributed by atoms with Gasteiger partial charge in [-0.1, -0.05) is 23.7 Å². The van der Waals surface area contributed by atoms with Gasteiger partial charge in [-0.15, -0.1) is 0 Å². The molecule has 1 saturated heterocycles. The van der Waals surface area contributed by atoms with Crippen LogP contribution >= 0.6 is 11.6 Å². The Balaban J connectivity index is 1.89. The van der Waals surface area contributed by atoms with E-state index in [1.54, 1.807) is 24.3 Å². The zero-order valence-electron chi connectivity index (χ0n) is 19.5. The molecule has 0 spiro atoms. The zero-order chi connectivity index (χ0) is 24.6.